The molecule has 0 heterocycles. The summed E-state index contributed by atoms with van der Waals surface area (Å²) in [6, 6.07) is 22.8. The molecule has 0 radical (unpaired) electrons. The number of carbonyl (C=O) groups is 2. The average molecular weight is 625 g/mol. The summed E-state index contributed by atoms with van der Waals surface area (Å²) in [5.41, 5.74) is 3.57. The number of hydrogen-bond donors (Lipinski definition) is 1. The van der Waals surface area contributed by atoms with Crippen LogP contribution < -0.4 is 5.48 Å². The molecule has 0 aliphatic heterocycles. The number of nitrogens with zero attached hydrogens (tertiary/aromatic N) is 1. The van der Waals surface area contributed by atoms with Crippen LogP contribution in [0.1, 0.15) is 20.7 Å². The van der Waals surface area contributed by atoms with Gasteiger partial charge in [0, 0.05) is 34.2 Å². The fourth-order valence-electron chi connectivity index (χ4n) is 2.95. The minimum Gasteiger partial charge on any atom is -0.305 e. The van der Waals surface area contributed by atoms with E-state index in [-0.39, 0.29) is 5.91 Å². The van der Waals surface area contributed by atoms with Crippen LogP contribution in [-0.2, 0) is 9.68 Å². The summed E-state index contributed by atoms with van der Waals surface area (Å²) in [6.45, 7) is 0. The van der Waals surface area contributed by atoms with E-state index in [1.807, 2.05) is 54.6 Å². The minimum absolute atomic E-state index is 0.155. The van der Waals surface area contributed by atoms with Gasteiger partial charge in [0.1, 0.15) is 0 Å². The number of halogens is 3. The first-order valence-corrected chi connectivity index (χ1v) is 12.3. The predicted octanol–water partition coefficient (Wildman–Crippen LogP) is 6.98. The molecule has 0 aromatic heterocycles. The SMILES string of the molecule is CNOC.CON(C)C(=O)c1ccc2cc(Br)ccc2c1.O=C(Cl)c1ccc2cc(Br)ccc2c1. The molecule has 4 aromatic rings. The number of amides is 1. The summed E-state index contributed by atoms with van der Waals surface area (Å²) in [4.78, 5) is 32.0. The first-order valence-electron chi connectivity index (χ1n) is 10.3. The van der Waals surface area contributed by atoms with Crippen LogP contribution in [0.2, 0.25) is 0 Å². The molecule has 1 N–H and O–H groups in total. The van der Waals surface area contributed by atoms with Gasteiger partial charge in [0.15, 0.2) is 0 Å². The summed E-state index contributed by atoms with van der Waals surface area (Å²) in [7, 11) is 6.34. The molecule has 1 amide bonds. The third-order valence-corrected chi connectivity index (χ3v) is 6.05. The van der Waals surface area contributed by atoms with Crippen LogP contribution in [0.25, 0.3) is 21.5 Å². The quantitative estimate of drug-likeness (QED) is 0.196. The highest BCUT2D eigenvalue weighted by Crippen LogP contribution is 2.22. The highest BCUT2D eigenvalue weighted by Gasteiger charge is 2.11. The lowest BCUT2D eigenvalue weighted by Crippen LogP contribution is -2.25. The number of fused-ring (bicyclic) bond motifs is 2. The van der Waals surface area contributed by atoms with Gasteiger partial charge in [0.2, 0.25) is 0 Å². The highest BCUT2D eigenvalue weighted by molar-refractivity contribution is 9.10. The highest BCUT2D eigenvalue weighted by atomic mass is 79.9. The molecule has 184 valence electrons. The maximum absolute atomic E-state index is 11.9. The number of benzene rings is 4. The normalized spacial score (nSPS) is 10.1. The van der Waals surface area contributed by atoms with Crippen molar-refractivity contribution in [1.82, 2.24) is 10.5 Å². The maximum Gasteiger partial charge on any atom is 0.277 e. The molecule has 0 unspecified atom stereocenters. The molecule has 6 nitrogen and oxygen atoms in total. The molecule has 0 saturated carbocycles. The molecule has 4 rings (SSSR count). The maximum atomic E-state index is 11.9. The number of carbonyl (C=O) groups excluding carboxylic acids is 2. The van der Waals surface area contributed by atoms with E-state index < -0.39 is 5.24 Å². The third kappa shape index (κ3) is 8.68. The number of hydrogen-bond acceptors (Lipinski definition) is 5. The van der Waals surface area contributed by atoms with Crippen molar-refractivity contribution in [3.8, 4) is 0 Å². The first kappa shape index (κ1) is 28.9. The molecule has 0 fully saturated rings. The summed E-state index contributed by atoms with van der Waals surface area (Å²) in [6.07, 6.45) is 0. The molecule has 4 aromatic carbocycles. The number of rotatable bonds is 4. The zero-order valence-electron chi connectivity index (χ0n) is 19.6. The van der Waals surface area contributed by atoms with Gasteiger partial charge in [-0.15, -0.1) is 0 Å². The first-order chi connectivity index (χ1) is 16.7. The zero-order chi connectivity index (χ0) is 26.0. The Morgan fingerprint density at radius 1 is 0.771 bits per heavy atom. The van der Waals surface area contributed by atoms with Gasteiger partial charge in [-0.1, -0.05) is 56.1 Å². The van der Waals surface area contributed by atoms with Gasteiger partial charge >= 0.3 is 0 Å². The van der Waals surface area contributed by atoms with Crippen molar-refractivity contribution < 1.29 is 19.3 Å². The van der Waals surface area contributed by atoms with E-state index in [4.69, 9.17) is 16.4 Å². The second-order valence-electron chi connectivity index (χ2n) is 7.08. The van der Waals surface area contributed by atoms with Crippen LogP contribution in [-0.4, -0.2) is 44.5 Å². The molecule has 0 spiro atoms. The number of hydroxylamine groups is 3. The monoisotopic (exact) mass is 622 g/mol. The van der Waals surface area contributed by atoms with Crippen molar-refractivity contribution in [3.63, 3.8) is 0 Å². The molecule has 35 heavy (non-hydrogen) atoms. The van der Waals surface area contributed by atoms with Gasteiger partial charge in [-0.25, -0.2) is 10.5 Å². The Morgan fingerprint density at radius 3 is 1.60 bits per heavy atom. The van der Waals surface area contributed by atoms with Crippen LogP contribution in [0, 0.1) is 0 Å². The Labute approximate surface area is 226 Å². The second kappa shape index (κ2) is 14.3. The molecule has 0 aliphatic rings. The minimum atomic E-state index is -0.421. The van der Waals surface area contributed by atoms with E-state index in [9.17, 15) is 9.59 Å². The summed E-state index contributed by atoms with van der Waals surface area (Å²) in [5, 5.41) is 5.01. The van der Waals surface area contributed by atoms with E-state index in [1.165, 1.54) is 12.2 Å². The smallest absolute Gasteiger partial charge is 0.277 e. The molecular weight excluding hydrogens is 600 g/mol. The van der Waals surface area contributed by atoms with Crippen LogP contribution in [0.5, 0.6) is 0 Å². The molecular formula is C26H25Br2ClN2O4. The van der Waals surface area contributed by atoms with Crippen molar-refractivity contribution in [3.05, 3.63) is 92.9 Å². The van der Waals surface area contributed by atoms with Gasteiger partial charge in [0.25, 0.3) is 11.1 Å². The van der Waals surface area contributed by atoms with Gasteiger partial charge in [-0.05, 0) is 81.7 Å². The summed E-state index contributed by atoms with van der Waals surface area (Å²) >= 11 is 12.2. The van der Waals surface area contributed by atoms with Gasteiger partial charge < -0.3 is 4.84 Å². The Balaban J connectivity index is 0.000000217. The van der Waals surface area contributed by atoms with Gasteiger partial charge in [0.05, 0.1) is 14.2 Å². The van der Waals surface area contributed by atoms with Crippen molar-refractivity contribution >= 4 is 76.2 Å². The number of nitrogens with one attached hydrogen (secondary N) is 1. The fraction of sp³-hybridized carbons (Fsp3) is 0.154. The van der Waals surface area contributed by atoms with Crippen LogP contribution in [0.4, 0.5) is 0 Å². The molecule has 0 bridgehead atoms. The fourth-order valence-corrected chi connectivity index (χ4v) is 3.83. The van der Waals surface area contributed by atoms with E-state index >= 15 is 0 Å². The van der Waals surface area contributed by atoms with Crippen molar-refractivity contribution in [1.29, 1.82) is 0 Å². The topological polar surface area (TPSA) is 67.9 Å². The lowest BCUT2D eigenvalue weighted by atomic mass is 10.1. The average Bonchev–Trinajstić information content (AvgIpc) is 2.87. The van der Waals surface area contributed by atoms with E-state index in [1.54, 1.807) is 39.4 Å². The van der Waals surface area contributed by atoms with Crippen molar-refractivity contribution in [2.75, 3.05) is 28.3 Å². The lowest BCUT2D eigenvalue weighted by molar-refractivity contribution is -0.0756. The van der Waals surface area contributed by atoms with Crippen LogP contribution >= 0.6 is 43.5 Å². The third-order valence-electron chi connectivity index (χ3n) is 4.84. The molecule has 0 saturated heterocycles. The van der Waals surface area contributed by atoms with Gasteiger partial charge in [-0.2, -0.15) is 0 Å². The second-order valence-corrected chi connectivity index (χ2v) is 9.25. The summed E-state index contributed by atoms with van der Waals surface area (Å²) in [5.74, 6) is -0.155. The van der Waals surface area contributed by atoms with Crippen molar-refractivity contribution in [2.24, 2.45) is 0 Å². The Kier molecular flexibility index (Phi) is 11.8. The zero-order valence-corrected chi connectivity index (χ0v) is 23.6. The van der Waals surface area contributed by atoms with E-state index in [0.29, 0.717) is 11.1 Å². The molecule has 9 heteroatoms. The van der Waals surface area contributed by atoms with Crippen molar-refractivity contribution in [2.45, 2.75) is 0 Å². The van der Waals surface area contributed by atoms with Crippen LogP contribution in [0.15, 0.2) is 81.7 Å². The predicted molar refractivity (Wildman–Crippen MR) is 149 cm³/mol. The Morgan fingerprint density at radius 2 is 1.17 bits per heavy atom. The van der Waals surface area contributed by atoms with Gasteiger partial charge in [-0.3, -0.25) is 14.4 Å². The molecule has 0 atom stereocenters. The largest absolute Gasteiger partial charge is 0.305 e. The lowest BCUT2D eigenvalue weighted by Gasteiger charge is -2.13. The standard InChI is InChI=1S/C13H12BrNO2.C11H6BrClO.C2H7NO/c1-15(17-2)13(16)11-4-3-10-8-12(14)6-5-9(10)7-11;12-10-4-3-7-5-9(11(13)14)2-1-8(7)6-10;1-3-4-2/h3-8H,1-2H3;1-6H;3H,1-2H3. The summed E-state index contributed by atoms with van der Waals surface area (Å²) < 4.78 is 2.05. The van der Waals surface area contributed by atoms with Crippen LogP contribution in [0.3, 0.4) is 0 Å². The van der Waals surface area contributed by atoms with E-state index in [2.05, 4.69) is 42.2 Å². The Bertz CT molecular complexity index is 1320. The molecule has 0 aliphatic carbocycles. The van der Waals surface area contributed by atoms with E-state index in [0.717, 1.165) is 30.5 Å². The Hall–Kier alpha value is -2.33.